The predicted octanol–water partition coefficient (Wildman–Crippen LogP) is 3.84. The van der Waals surface area contributed by atoms with Crippen LogP contribution >= 0.6 is 12.4 Å². The number of aryl methyl sites for hydroxylation is 1. The van der Waals surface area contributed by atoms with E-state index in [9.17, 15) is 10.1 Å². The first-order valence-corrected chi connectivity index (χ1v) is 8.04. The van der Waals surface area contributed by atoms with Gasteiger partial charge in [-0.3, -0.25) is 10.1 Å². The zero-order valence-electron chi connectivity index (χ0n) is 14.9. The van der Waals surface area contributed by atoms with Crippen LogP contribution in [-0.2, 0) is 19.5 Å². The van der Waals surface area contributed by atoms with Crippen LogP contribution in [0, 0.1) is 24.0 Å². The third kappa shape index (κ3) is 6.03. The summed E-state index contributed by atoms with van der Waals surface area (Å²) >= 11 is 0. The summed E-state index contributed by atoms with van der Waals surface area (Å²) in [6, 6.07) is 12.0. The lowest BCUT2D eigenvalue weighted by molar-refractivity contribution is -0.497. The van der Waals surface area contributed by atoms with E-state index in [1.165, 1.54) is 5.56 Å². The summed E-state index contributed by atoms with van der Waals surface area (Å²) in [6.45, 7) is 5.27. The molecule has 0 aromatic heterocycles. The summed E-state index contributed by atoms with van der Waals surface area (Å²) in [7, 11) is 1.66. The van der Waals surface area contributed by atoms with Crippen molar-refractivity contribution in [2.45, 2.75) is 33.4 Å². The molecule has 5 nitrogen and oxygen atoms in total. The lowest BCUT2D eigenvalue weighted by Gasteiger charge is -2.13. The van der Waals surface area contributed by atoms with Crippen LogP contribution in [0.25, 0.3) is 0 Å². The topological polar surface area (TPSA) is 64.4 Å². The number of nitrogens with one attached hydrogen (secondary N) is 1. The number of ether oxygens (including phenoxy) is 1. The number of nitro groups is 1. The molecule has 25 heavy (non-hydrogen) atoms. The molecule has 0 unspecified atom stereocenters. The third-order valence-electron chi connectivity index (χ3n) is 4.32. The van der Waals surface area contributed by atoms with E-state index in [1.807, 2.05) is 38.1 Å². The van der Waals surface area contributed by atoms with Crippen LogP contribution in [-0.4, -0.2) is 18.6 Å². The molecule has 6 heteroatoms. The van der Waals surface area contributed by atoms with Crippen LogP contribution < -0.4 is 10.1 Å². The summed E-state index contributed by atoms with van der Waals surface area (Å²) in [5, 5.41) is 14.3. The second-order valence-electron chi connectivity index (χ2n) is 5.91. The van der Waals surface area contributed by atoms with Gasteiger partial charge in [0.05, 0.1) is 7.11 Å². The quantitative estimate of drug-likeness (QED) is 0.439. The molecule has 136 valence electrons. The lowest BCUT2D eigenvalue weighted by atomic mass is 9.97. The minimum atomic E-state index is -0.261. The Kier molecular flexibility index (Phi) is 8.38. The van der Waals surface area contributed by atoms with Gasteiger partial charge in [-0.05, 0) is 61.2 Å². The van der Waals surface area contributed by atoms with Gasteiger partial charge in [-0.25, -0.2) is 0 Å². The van der Waals surface area contributed by atoms with Crippen molar-refractivity contribution >= 4 is 12.4 Å². The zero-order chi connectivity index (χ0) is 17.5. The normalized spacial score (nSPS) is 10.2. The number of methoxy groups -OCH3 is 1. The van der Waals surface area contributed by atoms with Gasteiger partial charge in [-0.1, -0.05) is 24.3 Å². The number of benzene rings is 2. The minimum absolute atomic E-state index is 0. The standard InChI is InChI=1S/C19H24N2O3.ClH/c1-14-4-7-17(19(15(14)2)13-21(22)23)12-20-11-10-16-5-8-18(24-3)9-6-16;/h4-9,20H,10-13H2,1-3H3;1H. The fourth-order valence-corrected chi connectivity index (χ4v) is 2.69. The first-order chi connectivity index (χ1) is 11.5. The molecule has 0 heterocycles. The molecule has 0 amide bonds. The Morgan fingerprint density at radius 1 is 1.12 bits per heavy atom. The van der Waals surface area contributed by atoms with E-state index in [0.717, 1.165) is 41.0 Å². The summed E-state index contributed by atoms with van der Waals surface area (Å²) in [4.78, 5) is 10.7. The van der Waals surface area contributed by atoms with Gasteiger partial charge < -0.3 is 10.1 Å². The van der Waals surface area contributed by atoms with Crippen molar-refractivity contribution in [3.8, 4) is 5.75 Å². The van der Waals surface area contributed by atoms with Crippen molar-refractivity contribution in [2.75, 3.05) is 13.7 Å². The fraction of sp³-hybridized carbons (Fsp3) is 0.368. The molecule has 0 spiro atoms. The highest BCUT2D eigenvalue weighted by atomic mass is 35.5. The number of hydrogen-bond acceptors (Lipinski definition) is 4. The Balaban J connectivity index is 0.00000312. The molecule has 1 N–H and O–H groups in total. The number of hydrogen-bond donors (Lipinski definition) is 1. The van der Waals surface area contributed by atoms with Crippen LogP contribution in [0.2, 0.25) is 0 Å². The molecule has 0 saturated heterocycles. The van der Waals surface area contributed by atoms with Crippen LogP contribution in [0.3, 0.4) is 0 Å². The average Bonchev–Trinajstić information content (AvgIpc) is 2.57. The molecule has 0 fully saturated rings. The van der Waals surface area contributed by atoms with Gasteiger partial charge in [0.15, 0.2) is 0 Å². The first-order valence-electron chi connectivity index (χ1n) is 8.04. The van der Waals surface area contributed by atoms with Crippen LogP contribution in [0.4, 0.5) is 0 Å². The van der Waals surface area contributed by atoms with Crippen molar-refractivity contribution in [3.63, 3.8) is 0 Å². The minimum Gasteiger partial charge on any atom is -0.497 e. The highest BCUT2D eigenvalue weighted by Gasteiger charge is 2.13. The molecular formula is C19H25ClN2O3. The van der Waals surface area contributed by atoms with E-state index in [2.05, 4.69) is 17.4 Å². The monoisotopic (exact) mass is 364 g/mol. The van der Waals surface area contributed by atoms with Gasteiger partial charge in [0.25, 0.3) is 0 Å². The molecule has 0 bridgehead atoms. The Morgan fingerprint density at radius 3 is 2.40 bits per heavy atom. The maximum Gasteiger partial charge on any atom is 0.229 e. The molecule has 2 aromatic rings. The number of halogens is 1. The Hall–Kier alpha value is -2.11. The first kappa shape index (κ1) is 20.9. The van der Waals surface area contributed by atoms with Gasteiger partial charge in [-0.15, -0.1) is 12.4 Å². The average molecular weight is 365 g/mol. The SMILES string of the molecule is COc1ccc(CCNCc2ccc(C)c(C)c2C[N+](=O)[O-])cc1.Cl. The highest BCUT2D eigenvalue weighted by Crippen LogP contribution is 2.19. The second kappa shape index (κ2) is 10.0. The molecule has 0 radical (unpaired) electrons. The highest BCUT2D eigenvalue weighted by molar-refractivity contribution is 5.85. The van der Waals surface area contributed by atoms with Crippen molar-refractivity contribution < 1.29 is 9.66 Å². The molecule has 0 aliphatic heterocycles. The fourth-order valence-electron chi connectivity index (χ4n) is 2.69. The lowest BCUT2D eigenvalue weighted by Crippen LogP contribution is -2.19. The summed E-state index contributed by atoms with van der Waals surface area (Å²) < 4.78 is 5.15. The van der Waals surface area contributed by atoms with Crippen molar-refractivity contribution in [2.24, 2.45) is 0 Å². The van der Waals surface area contributed by atoms with E-state index >= 15 is 0 Å². The van der Waals surface area contributed by atoms with Crippen molar-refractivity contribution in [1.29, 1.82) is 0 Å². The molecule has 0 saturated carbocycles. The van der Waals surface area contributed by atoms with Gasteiger partial charge in [0, 0.05) is 17.0 Å². The van der Waals surface area contributed by atoms with Gasteiger partial charge in [0.2, 0.25) is 6.54 Å². The Labute approximate surface area is 155 Å². The van der Waals surface area contributed by atoms with Gasteiger partial charge in [-0.2, -0.15) is 0 Å². The van der Waals surface area contributed by atoms with E-state index < -0.39 is 0 Å². The predicted molar refractivity (Wildman–Crippen MR) is 102 cm³/mol. The third-order valence-corrected chi connectivity index (χ3v) is 4.32. The van der Waals surface area contributed by atoms with Gasteiger partial charge >= 0.3 is 0 Å². The maximum absolute atomic E-state index is 10.9. The molecule has 2 aromatic carbocycles. The summed E-state index contributed by atoms with van der Waals surface area (Å²) in [6.07, 6.45) is 0.902. The molecule has 0 aliphatic carbocycles. The van der Waals surface area contributed by atoms with Crippen LogP contribution in [0.15, 0.2) is 36.4 Å². The van der Waals surface area contributed by atoms with Gasteiger partial charge in [0.1, 0.15) is 5.75 Å². The van der Waals surface area contributed by atoms with E-state index in [1.54, 1.807) is 7.11 Å². The Morgan fingerprint density at radius 2 is 1.80 bits per heavy atom. The summed E-state index contributed by atoms with van der Waals surface area (Å²) in [5.74, 6) is 0.853. The number of nitrogens with zero attached hydrogens (tertiary/aromatic N) is 1. The smallest absolute Gasteiger partial charge is 0.229 e. The second-order valence-corrected chi connectivity index (χ2v) is 5.91. The zero-order valence-corrected chi connectivity index (χ0v) is 15.7. The van der Waals surface area contributed by atoms with Crippen molar-refractivity contribution in [3.05, 3.63) is 74.3 Å². The summed E-state index contributed by atoms with van der Waals surface area (Å²) in [5.41, 5.74) is 5.17. The van der Waals surface area contributed by atoms with E-state index in [0.29, 0.717) is 6.54 Å². The molecule has 2 rings (SSSR count). The molecular weight excluding hydrogens is 340 g/mol. The molecule has 0 aliphatic rings. The van der Waals surface area contributed by atoms with Crippen LogP contribution in [0.1, 0.15) is 27.8 Å². The maximum atomic E-state index is 10.9. The van der Waals surface area contributed by atoms with E-state index in [4.69, 9.17) is 4.74 Å². The largest absolute Gasteiger partial charge is 0.497 e. The van der Waals surface area contributed by atoms with Crippen molar-refractivity contribution in [1.82, 2.24) is 5.32 Å². The van der Waals surface area contributed by atoms with E-state index in [-0.39, 0.29) is 23.9 Å². The Bertz CT molecular complexity index is 703. The molecule has 0 atom stereocenters. The number of rotatable bonds is 8. The van der Waals surface area contributed by atoms with Crippen LogP contribution in [0.5, 0.6) is 5.75 Å².